The minimum Gasteiger partial charge on any atom is -0.480 e. The van der Waals surface area contributed by atoms with E-state index in [2.05, 4.69) is 6.92 Å². The summed E-state index contributed by atoms with van der Waals surface area (Å²) in [5, 5.41) is 9.18. The zero-order chi connectivity index (χ0) is 12.2. The normalized spacial score (nSPS) is 34.9. The Morgan fingerprint density at radius 1 is 1.62 bits per heavy atom. The quantitative estimate of drug-likeness (QED) is 0.705. The molecule has 0 heterocycles. The molecule has 94 valence electrons. The van der Waals surface area contributed by atoms with Crippen molar-refractivity contribution >= 4 is 5.97 Å². The molecule has 0 aromatic carbocycles. The summed E-state index contributed by atoms with van der Waals surface area (Å²) in [4.78, 5) is 11.2. The number of hydrogen-bond donors (Lipinski definition) is 2. The molecule has 16 heavy (non-hydrogen) atoms. The van der Waals surface area contributed by atoms with Gasteiger partial charge >= 0.3 is 5.97 Å². The zero-order valence-electron chi connectivity index (χ0n) is 10.2. The predicted octanol–water partition coefficient (Wildman–Crippen LogP) is 1.77. The van der Waals surface area contributed by atoms with Crippen LogP contribution in [0.1, 0.15) is 46.0 Å². The minimum atomic E-state index is -1.10. The Morgan fingerprint density at radius 2 is 2.31 bits per heavy atom. The largest absolute Gasteiger partial charge is 0.480 e. The first-order valence-electron chi connectivity index (χ1n) is 6.16. The van der Waals surface area contributed by atoms with Gasteiger partial charge in [-0.25, -0.2) is 0 Å². The summed E-state index contributed by atoms with van der Waals surface area (Å²) in [7, 11) is 0. The van der Waals surface area contributed by atoms with Crippen molar-refractivity contribution in [2.24, 2.45) is 11.7 Å². The third-order valence-corrected chi connectivity index (χ3v) is 3.68. The van der Waals surface area contributed by atoms with E-state index >= 15 is 0 Å². The molecule has 1 aliphatic carbocycles. The van der Waals surface area contributed by atoms with Gasteiger partial charge in [0.25, 0.3) is 0 Å². The Kier molecular flexibility index (Phi) is 4.74. The standard InChI is InChI=1S/C12H23NO3/c1-3-4-8-16-10-6-5-7-12(13,9(10)2)11(14)15/h9-10H,3-8,13H2,1-2H3,(H,14,15)/t9-,10+,12?/m0/s1. The lowest BCUT2D eigenvalue weighted by Crippen LogP contribution is -2.59. The molecular weight excluding hydrogens is 206 g/mol. The molecule has 4 heteroatoms. The second-order valence-corrected chi connectivity index (χ2v) is 4.79. The number of aliphatic carboxylic acids is 1. The van der Waals surface area contributed by atoms with Crippen LogP contribution in [0.5, 0.6) is 0 Å². The molecule has 1 fully saturated rings. The molecule has 1 rings (SSSR count). The van der Waals surface area contributed by atoms with Gasteiger partial charge in [0, 0.05) is 12.5 Å². The van der Waals surface area contributed by atoms with Crippen molar-refractivity contribution in [3.8, 4) is 0 Å². The number of carbonyl (C=O) groups is 1. The van der Waals surface area contributed by atoms with Crippen molar-refractivity contribution in [2.45, 2.75) is 57.6 Å². The SMILES string of the molecule is CCCCO[C@@H]1CCCC(N)(C(=O)O)[C@H]1C. The smallest absolute Gasteiger partial charge is 0.324 e. The molecule has 0 saturated heterocycles. The fourth-order valence-electron chi connectivity index (χ4n) is 2.31. The Hall–Kier alpha value is -0.610. The second-order valence-electron chi connectivity index (χ2n) is 4.79. The maximum Gasteiger partial charge on any atom is 0.324 e. The van der Waals surface area contributed by atoms with Crippen molar-refractivity contribution in [1.29, 1.82) is 0 Å². The summed E-state index contributed by atoms with van der Waals surface area (Å²) in [5.41, 5.74) is 4.86. The molecule has 3 N–H and O–H groups in total. The van der Waals surface area contributed by atoms with E-state index < -0.39 is 11.5 Å². The molecule has 3 atom stereocenters. The maximum atomic E-state index is 11.2. The number of carboxylic acids is 1. The van der Waals surface area contributed by atoms with E-state index in [4.69, 9.17) is 10.5 Å². The fraction of sp³-hybridized carbons (Fsp3) is 0.917. The Labute approximate surface area is 97.2 Å². The van der Waals surface area contributed by atoms with Crippen LogP contribution < -0.4 is 5.73 Å². The van der Waals surface area contributed by atoms with Gasteiger partial charge in [-0.1, -0.05) is 20.3 Å². The first-order valence-corrected chi connectivity index (χ1v) is 6.16. The van der Waals surface area contributed by atoms with Crippen LogP contribution >= 0.6 is 0 Å². The van der Waals surface area contributed by atoms with Gasteiger partial charge in [-0.15, -0.1) is 0 Å². The van der Waals surface area contributed by atoms with Gasteiger partial charge < -0.3 is 15.6 Å². The third kappa shape index (κ3) is 2.74. The lowest BCUT2D eigenvalue weighted by molar-refractivity contribution is -0.151. The van der Waals surface area contributed by atoms with E-state index in [0.717, 1.165) is 25.7 Å². The first-order chi connectivity index (χ1) is 7.52. The molecule has 0 radical (unpaired) electrons. The Bertz CT molecular complexity index is 244. The molecule has 1 aliphatic rings. The van der Waals surface area contributed by atoms with Crippen LogP contribution in [0.25, 0.3) is 0 Å². The summed E-state index contributed by atoms with van der Waals surface area (Å²) in [6.07, 6.45) is 4.43. The van der Waals surface area contributed by atoms with Crippen molar-refractivity contribution in [1.82, 2.24) is 0 Å². The minimum absolute atomic E-state index is 0.00130. The molecule has 1 saturated carbocycles. The van der Waals surface area contributed by atoms with Crippen LogP contribution in [0.2, 0.25) is 0 Å². The predicted molar refractivity (Wildman–Crippen MR) is 62.2 cm³/mol. The lowest BCUT2D eigenvalue weighted by atomic mass is 9.72. The van der Waals surface area contributed by atoms with Gasteiger partial charge in [0.1, 0.15) is 5.54 Å². The van der Waals surface area contributed by atoms with Crippen LogP contribution in [0.15, 0.2) is 0 Å². The van der Waals surface area contributed by atoms with Gasteiger partial charge in [-0.3, -0.25) is 4.79 Å². The van der Waals surface area contributed by atoms with Gasteiger partial charge in [-0.05, 0) is 25.7 Å². The first kappa shape index (κ1) is 13.5. The fourth-order valence-corrected chi connectivity index (χ4v) is 2.31. The zero-order valence-corrected chi connectivity index (χ0v) is 10.2. The number of unbranched alkanes of at least 4 members (excludes halogenated alkanes) is 1. The topological polar surface area (TPSA) is 72.5 Å². The van der Waals surface area contributed by atoms with Crippen LogP contribution in [-0.4, -0.2) is 29.3 Å². The third-order valence-electron chi connectivity index (χ3n) is 3.68. The van der Waals surface area contributed by atoms with Gasteiger partial charge in [0.05, 0.1) is 6.10 Å². The molecule has 0 spiro atoms. The maximum absolute atomic E-state index is 11.2. The van der Waals surface area contributed by atoms with Crippen LogP contribution in [0, 0.1) is 5.92 Å². The summed E-state index contributed by atoms with van der Waals surface area (Å²) < 4.78 is 5.74. The van der Waals surface area contributed by atoms with Gasteiger partial charge in [0.15, 0.2) is 0 Å². The highest BCUT2D eigenvalue weighted by Gasteiger charge is 2.46. The lowest BCUT2D eigenvalue weighted by Gasteiger charge is -2.40. The van der Waals surface area contributed by atoms with E-state index in [0.29, 0.717) is 13.0 Å². The molecule has 0 aliphatic heterocycles. The monoisotopic (exact) mass is 229 g/mol. The van der Waals surface area contributed by atoms with Crippen LogP contribution in [0.4, 0.5) is 0 Å². The van der Waals surface area contributed by atoms with E-state index in [9.17, 15) is 9.90 Å². The number of carboxylic acid groups (broad SMARTS) is 1. The van der Waals surface area contributed by atoms with Gasteiger partial charge in [-0.2, -0.15) is 0 Å². The van der Waals surface area contributed by atoms with Crippen LogP contribution in [-0.2, 0) is 9.53 Å². The summed E-state index contributed by atoms with van der Waals surface area (Å²) in [6.45, 7) is 4.71. The average molecular weight is 229 g/mol. The summed E-state index contributed by atoms with van der Waals surface area (Å²) in [5.74, 6) is -1.01. The Morgan fingerprint density at radius 3 is 2.88 bits per heavy atom. The molecule has 0 amide bonds. The number of ether oxygens (including phenoxy) is 1. The molecule has 0 aromatic rings. The number of hydrogen-bond acceptors (Lipinski definition) is 3. The Balaban J connectivity index is 2.57. The molecule has 4 nitrogen and oxygen atoms in total. The number of rotatable bonds is 5. The van der Waals surface area contributed by atoms with E-state index in [1.165, 1.54) is 0 Å². The van der Waals surface area contributed by atoms with Crippen molar-refractivity contribution in [3.63, 3.8) is 0 Å². The van der Waals surface area contributed by atoms with Crippen molar-refractivity contribution in [2.75, 3.05) is 6.61 Å². The highest BCUT2D eigenvalue weighted by Crippen LogP contribution is 2.34. The van der Waals surface area contributed by atoms with Crippen molar-refractivity contribution in [3.05, 3.63) is 0 Å². The molecular formula is C12H23NO3. The highest BCUT2D eigenvalue weighted by atomic mass is 16.5. The molecule has 1 unspecified atom stereocenters. The van der Waals surface area contributed by atoms with E-state index in [-0.39, 0.29) is 12.0 Å². The highest BCUT2D eigenvalue weighted by molar-refractivity contribution is 5.79. The second kappa shape index (κ2) is 5.64. The molecule has 0 aromatic heterocycles. The van der Waals surface area contributed by atoms with Gasteiger partial charge in [0.2, 0.25) is 0 Å². The molecule has 0 bridgehead atoms. The summed E-state index contributed by atoms with van der Waals surface area (Å²) >= 11 is 0. The average Bonchev–Trinajstić information content (AvgIpc) is 2.24. The summed E-state index contributed by atoms with van der Waals surface area (Å²) in [6, 6.07) is 0. The van der Waals surface area contributed by atoms with E-state index in [1.54, 1.807) is 0 Å². The number of nitrogens with two attached hydrogens (primary N) is 1. The van der Waals surface area contributed by atoms with Crippen molar-refractivity contribution < 1.29 is 14.6 Å². The van der Waals surface area contributed by atoms with E-state index in [1.807, 2.05) is 6.92 Å². The van der Waals surface area contributed by atoms with Crippen LogP contribution in [0.3, 0.4) is 0 Å².